The predicted molar refractivity (Wildman–Crippen MR) is 108 cm³/mol. The van der Waals surface area contributed by atoms with Crippen LogP contribution in [0.3, 0.4) is 0 Å². The molecule has 0 amide bonds. The molecule has 4 rings (SSSR count). The number of fused-ring (bicyclic) bond motifs is 3. The number of allylic oxidation sites excluding steroid dienone is 3. The summed E-state index contributed by atoms with van der Waals surface area (Å²) < 4.78 is 6.24. The lowest BCUT2D eigenvalue weighted by Crippen LogP contribution is -1.85. The second-order valence-corrected chi connectivity index (χ2v) is 6.40. The van der Waals surface area contributed by atoms with E-state index in [0.717, 1.165) is 16.7 Å². The third-order valence-electron chi connectivity index (χ3n) is 4.73. The van der Waals surface area contributed by atoms with Crippen LogP contribution in [-0.2, 0) is 0 Å². The van der Waals surface area contributed by atoms with Crippen LogP contribution in [-0.4, -0.2) is 0 Å². The number of rotatable bonds is 3. The molecule has 0 N–H and O–H groups in total. The number of benzene rings is 3. The summed E-state index contributed by atoms with van der Waals surface area (Å²) in [5.74, 6) is 0. The molecule has 3 aromatic carbocycles. The summed E-state index contributed by atoms with van der Waals surface area (Å²) in [6.45, 7) is 8.03. The van der Waals surface area contributed by atoms with Crippen LogP contribution in [0.15, 0.2) is 83.8 Å². The third kappa shape index (κ3) is 2.58. The van der Waals surface area contributed by atoms with E-state index in [-0.39, 0.29) is 0 Å². The highest BCUT2D eigenvalue weighted by Gasteiger charge is 2.14. The topological polar surface area (TPSA) is 13.1 Å². The van der Waals surface area contributed by atoms with Crippen molar-refractivity contribution >= 4 is 27.5 Å². The average Bonchev–Trinajstić information content (AvgIpc) is 3.02. The normalized spacial score (nSPS) is 12.0. The second-order valence-electron chi connectivity index (χ2n) is 6.40. The predicted octanol–water partition coefficient (Wildman–Crippen LogP) is 7.15. The fraction of sp³-hybridized carbons (Fsp3) is 0.0833. The summed E-state index contributed by atoms with van der Waals surface area (Å²) in [7, 11) is 0. The van der Waals surface area contributed by atoms with Crippen LogP contribution in [0.4, 0.5) is 0 Å². The van der Waals surface area contributed by atoms with Crippen molar-refractivity contribution in [2.45, 2.75) is 13.8 Å². The monoisotopic (exact) mass is 324 g/mol. The SMILES string of the molecule is C=C/C=C(\C)c1cccc(-c2ccc(C)c3c2oc2ccccc23)c1. The smallest absolute Gasteiger partial charge is 0.143 e. The van der Waals surface area contributed by atoms with Crippen molar-refractivity contribution in [2.24, 2.45) is 0 Å². The number of furan rings is 1. The number of hydrogen-bond acceptors (Lipinski definition) is 1. The molecule has 0 unspecified atom stereocenters. The molecule has 0 aliphatic rings. The maximum Gasteiger partial charge on any atom is 0.143 e. The summed E-state index contributed by atoms with van der Waals surface area (Å²) in [5, 5.41) is 2.38. The lowest BCUT2D eigenvalue weighted by atomic mass is 9.96. The van der Waals surface area contributed by atoms with Gasteiger partial charge in [0.25, 0.3) is 0 Å². The highest BCUT2D eigenvalue weighted by Crippen LogP contribution is 2.38. The number of aryl methyl sites for hydroxylation is 1. The third-order valence-corrected chi connectivity index (χ3v) is 4.73. The first-order valence-corrected chi connectivity index (χ1v) is 8.50. The minimum Gasteiger partial charge on any atom is -0.455 e. The first-order valence-electron chi connectivity index (χ1n) is 8.50. The van der Waals surface area contributed by atoms with E-state index in [4.69, 9.17) is 4.42 Å². The average molecular weight is 324 g/mol. The molecule has 1 nitrogen and oxygen atoms in total. The standard InChI is InChI=1S/C24H20O/c1-4-8-16(2)18-9-7-10-19(15-18)20-14-13-17(3)23-21-11-5-6-12-22(21)25-24(20)23/h4-15H,1H2,2-3H3/b16-8+. The summed E-state index contributed by atoms with van der Waals surface area (Å²) in [6.07, 6.45) is 3.86. The molecule has 0 fully saturated rings. The van der Waals surface area contributed by atoms with Gasteiger partial charge in [0.1, 0.15) is 11.2 Å². The van der Waals surface area contributed by atoms with E-state index in [2.05, 4.69) is 69.0 Å². The van der Waals surface area contributed by atoms with Gasteiger partial charge in [-0.3, -0.25) is 0 Å². The molecule has 1 heteroatoms. The van der Waals surface area contributed by atoms with Crippen molar-refractivity contribution in [1.82, 2.24) is 0 Å². The molecule has 0 saturated carbocycles. The van der Waals surface area contributed by atoms with E-state index in [1.807, 2.05) is 24.3 Å². The summed E-state index contributed by atoms with van der Waals surface area (Å²) >= 11 is 0. The Balaban J connectivity index is 1.99. The van der Waals surface area contributed by atoms with E-state index >= 15 is 0 Å². The zero-order chi connectivity index (χ0) is 17.4. The minimum absolute atomic E-state index is 0.937. The van der Waals surface area contributed by atoms with Gasteiger partial charge in [-0.05, 0) is 48.2 Å². The van der Waals surface area contributed by atoms with Crippen molar-refractivity contribution in [3.63, 3.8) is 0 Å². The van der Waals surface area contributed by atoms with Crippen molar-refractivity contribution in [1.29, 1.82) is 0 Å². The van der Waals surface area contributed by atoms with Crippen molar-refractivity contribution in [3.8, 4) is 11.1 Å². The molecule has 0 radical (unpaired) electrons. The van der Waals surface area contributed by atoms with Gasteiger partial charge in [0.2, 0.25) is 0 Å². The van der Waals surface area contributed by atoms with Crippen LogP contribution in [0.1, 0.15) is 18.1 Å². The van der Waals surface area contributed by atoms with E-state index < -0.39 is 0 Å². The lowest BCUT2D eigenvalue weighted by Gasteiger charge is -2.08. The molecular formula is C24H20O. The first kappa shape index (κ1) is 15.5. The van der Waals surface area contributed by atoms with Crippen LogP contribution < -0.4 is 0 Å². The fourth-order valence-electron chi connectivity index (χ4n) is 3.43. The van der Waals surface area contributed by atoms with Gasteiger partial charge in [-0.15, -0.1) is 0 Å². The first-order chi connectivity index (χ1) is 12.2. The van der Waals surface area contributed by atoms with Crippen LogP contribution in [0, 0.1) is 6.92 Å². The highest BCUT2D eigenvalue weighted by atomic mass is 16.3. The molecule has 0 saturated heterocycles. The molecule has 0 atom stereocenters. The van der Waals surface area contributed by atoms with Gasteiger partial charge in [0.15, 0.2) is 0 Å². The maximum atomic E-state index is 6.24. The van der Waals surface area contributed by atoms with Crippen molar-refractivity contribution < 1.29 is 4.42 Å². The molecule has 0 bridgehead atoms. The van der Waals surface area contributed by atoms with Gasteiger partial charge in [-0.2, -0.15) is 0 Å². The van der Waals surface area contributed by atoms with Crippen LogP contribution in [0.5, 0.6) is 0 Å². The van der Waals surface area contributed by atoms with Crippen LogP contribution in [0.2, 0.25) is 0 Å². The van der Waals surface area contributed by atoms with E-state index in [1.165, 1.54) is 33.0 Å². The molecule has 0 aliphatic carbocycles. The zero-order valence-electron chi connectivity index (χ0n) is 14.5. The van der Waals surface area contributed by atoms with Gasteiger partial charge in [-0.1, -0.05) is 67.3 Å². The molecule has 4 aromatic rings. The summed E-state index contributed by atoms with van der Waals surface area (Å²) in [6, 6.07) is 21.2. The Hall–Kier alpha value is -3.06. The lowest BCUT2D eigenvalue weighted by molar-refractivity contribution is 0.670. The molecule has 1 heterocycles. The molecule has 122 valence electrons. The molecule has 0 spiro atoms. The van der Waals surface area contributed by atoms with Crippen LogP contribution >= 0.6 is 0 Å². The van der Waals surface area contributed by atoms with Gasteiger partial charge >= 0.3 is 0 Å². The highest BCUT2D eigenvalue weighted by molar-refractivity contribution is 6.11. The molecule has 0 aliphatic heterocycles. The molecule has 25 heavy (non-hydrogen) atoms. The Morgan fingerprint density at radius 1 is 1.00 bits per heavy atom. The molecular weight excluding hydrogens is 304 g/mol. The van der Waals surface area contributed by atoms with E-state index in [1.54, 1.807) is 0 Å². The van der Waals surface area contributed by atoms with Crippen molar-refractivity contribution in [3.05, 3.63) is 90.5 Å². The van der Waals surface area contributed by atoms with Gasteiger partial charge < -0.3 is 4.42 Å². The van der Waals surface area contributed by atoms with E-state index in [9.17, 15) is 0 Å². The van der Waals surface area contributed by atoms with Gasteiger partial charge in [0.05, 0.1) is 0 Å². The number of para-hydroxylation sites is 1. The van der Waals surface area contributed by atoms with Crippen molar-refractivity contribution in [2.75, 3.05) is 0 Å². The maximum absolute atomic E-state index is 6.24. The Morgan fingerprint density at radius 3 is 2.68 bits per heavy atom. The fourth-order valence-corrected chi connectivity index (χ4v) is 3.43. The number of hydrogen-bond donors (Lipinski definition) is 0. The van der Waals surface area contributed by atoms with Gasteiger partial charge in [-0.25, -0.2) is 0 Å². The zero-order valence-corrected chi connectivity index (χ0v) is 14.5. The molecule has 1 aromatic heterocycles. The second kappa shape index (κ2) is 6.10. The van der Waals surface area contributed by atoms with E-state index in [0.29, 0.717) is 0 Å². The Morgan fingerprint density at radius 2 is 1.84 bits per heavy atom. The van der Waals surface area contributed by atoms with Crippen LogP contribution in [0.25, 0.3) is 38.6 Å². The summed E-state index contributed by atoms with van der Waals surface area (Å²) in [5.41, 5.74) is 7.83. The Kier molecular flexibility index (Phi) is 3.77. The summed E-state index contributed by atoms with van der Waals surface area (Å²) in [4.78, 5) is 0. The Labute approximate surface area is 147 Å². The van der Waals surface area contributed by atoms with Gasteiger partial charge in [0, 0.05) is 16.3 Å². The Bertz CT molecular complexity index is 1130. The quantitative estimate of drug-likeness (QED) is 0.365. The minimum atomic E-state index is 0.937. The largest absolute Gasteiger partial charge is 0.455 e.